The Morgan fingerprint density at radius 2 is 1.83 bits per heavy atom. The van der Waals surface area contributed by atoms with Crippen LogP contribution in [0.15, 0.2) is 41.2 Å². The van der Waals surface area contributed by atoms with Gasteiger partial charge in [0.2, 0.25) is 5.88 Å². The first-order chi connectivity index (χ1) is 13.7. The van der Waals surface area contributed by atoms with Crippen molar-refractivity contribution in [2.45, 2.75) is 31.2 Å². The van der Waals surface area contributed by atoms with E-state index in [4.69, 9.17) is 9.26 Å². The van der Waals surface area contributed by atoms with E-state index in [-0.39, 0.29) is 29.8 Å². The van der Waals surface area contributed by atoms with E-state index < -0.39 is 23.8 Å². The van der Waals surface area contributed by atoms with E-state index in [9.17, 15) is 22.7 Å². The number of alkyl halides is 3. The Labute approximate surface area is 167 Å². The molecule has 0 bridgehead atoms. The van der Waals surface area contributed by atoms with Crippen LogP contribution in [0.25, 0.3) is 11.5 Å². The fourth-order valence-corrected chi connectivity index (χ4v) is 3.00. The maximum absolute atomic E-state index is 13.6. The smallest absolute Gasteiger partial charge is 0.573 e. The molecule has 12 heteroatoms. The van der Waals surface area contributed by atoms with Crippen LogP contribution in [0.1, 0.15) is 24.3 Å². The quantitative estimate of drug-likeness (QED) is 0.609. The first-order valence-corrected chi connectivity index (χ1v) is 8.44. The predicted molar refractivity (Wildman–Crippen MR) is 92.4 cm³/mol. The molecule has 0 radical (unpaired) electrons. The summed E-state index contributed by atoms with van der Waals surface area (Å²) < 4.78 is 64.9. The summed E-state index contributed by atoms with van der Waals surface area (Å²) in [5.41, 5.74) is 0.722. The molecule has 0 spiro atoms. The molecule has 1 fully saturated rings. The lowest BCUT2D eigenvalue weighted by Gasteiger charge is -2.35. The molecule has 2 heterocycles. The summed E-state index contributed by atoms with van der Waals surface area (Å²) in [4.78, 5) is 8.15. The van der Waals surface area contributed by atoms with Crippen molar-refractivity contribution in [2.24, 2.45) is 0 Å². The summed E-state index contributed by atoms with van der Waals surface area (Å²) in [6, 6.07) is 4.22. The normalized spacial score (nSPS) is 18.3. The molecule has 2 aromatic heterocycles. The molecule has 0 atom stereocenters. The molecule has 8 nitrogen and oxygen atoms in total. The van der Waals surface area contributed by atoms with Crippen LogP contribution in [0.5, 0.6) is 17.5 Å². The van der Waals surface area contributed by atoms with E-state index in [1.165, 1.54) is 30.6 Å². The van der Waals surface area contributed by atoms with Crippen LogP contribution in [-0.4, -0.2) is 27.6 Å². The van der Waals surface area contributed by atoms with Gasteiger partial charge >= 0.3 is 6.36 Å². The average Bonchev–Trinajstić information content (AvgIpc) is 3.02. The number of halogens is 4. The molecular weight excluding hydrogens is 412 g/mol. The largest absolute Gasteiger partial charge is 0.856 e. The number of aromatic nitrogens is 3. The molecule has 0 amide bonds. The van der Waals surface area contributed by atoms with E-state index in [0.29, 0.717) is 30.2 Å². The van der Waals surface area contributed by atoms with Crippen LogP contribution < -0.4 is 20.7 Å². The molecule has 0 unspecified atom stereocenters. The van der Waals surface area contributed by atoms with Gasteiger partial charge in [0.05, 0.1) is 12.4 Å². The molecule has 160 valence electrons. The van der Waals surface area contributed by atoms with Crippen molar-refractivity contribution in [1.82, 2.24) is 21.3 Å². The Morgan fingerprint density at radius 3 is 2.43 bits per heavy atom. The maximum Gasteiger partial charge on any atom is 0.573 e. The highest BCUT2D eigenvalue weighted by Gasteiger charge is 2.35. The SMILES string of the molecule is [NH4+].[O-]c1cc(-c2cnc(OC3CC(c4cc(F)cc(OC(F)(F)F)c4)C3)cn2)on1. The van der Waals surface area contributed by atoms with Gasteiger partial charge < -0.3 is 25.3 Å². The molecule has 0 aliphatic heterocycles. The standard InChI is InChI=1S/C18H13F4N3O4.H3N/c19-11-1-9(4-13(5-11)28-18(20,21)22)10-2-12(3-10)27-17-8-23-14(7-24-17)15-6-16(26)25-29-15;/h1,4-8,10,12H,2-3H2,(H,25,26);1H3. The molecule has 1 aliphatic rings. The second kappa shape index (κ2) is 8.14. The predicted octanol–water partition coefficient (Wildman–Crippen LogP) is 3.94. The summed E-state index contributed by atoms with van der Waals surface area (Å²) in [6.07, 6.45) is -1.47. The van der Waals surface area contributed by atoms with E-state index in [1.807, 2.05) is 0 Å². The van der Waals surface area contributed by atoms with Crippen LogP contribution >= 0.6 is 0 Å². The van der Waals surface area contributed by atoms with E-state index in [2.05, 4.69) is 19.9 Å². The van der Waals surface area contributed by atoms with E-state index >= 15 is 0 Å². The number of benzene rings is 1. The lowest BCUT2D eigenvalue weighted by atomic mass is 9.77. The second-order valence-corrected chi connectivity index (χ2v) is 6.45. The summed E-state index contributed by atoms with van der Waals surface area (Å²) >= 11 is 0. The van der Waals surface area contributed by atoms with Crippen LogP contribution in [0.4, 0.5) is 17.6 Å². The number of nitrogens with zero attached hydrogens (tertiary/aromatic N) is 3. The first kappa shape index (κ1) is 21.3. The van der Waals surface area contributed by atoms with Crippen molar-refractivity contribution in [1.29, 1.82) is 0 Å². The highest BCUT2D eigenvalue weighted by atomic mass is 19.4. The molecule has 4 N–H and O–H groups in total. The van der Waals surface area contributed by atoms with Crippen LogP contribution in [0.3, 0.4) is 0 Å². The Hall–Kier alpha value is -3.41. The molecule has 3 aromatic rings. The Morgan fingerprint density at radius 1 is 1.07 bits per heavy atom. The van der Waals surface area contributed by atoms with Crippen molar-refractivity contribution in [3.63, 3.8) is 0 Å². The maximum atomic E-state index is 13.6. The monoisotopic (exact) mass is 428 g/mol. The first-order valence-electron chi connectivity index (χ1n) is 8.44. The lowest BCUT2D eigenvalue weighted by molar-refractivity contribution is -0.277. The summed E-state index contributed by atoms with van der Waals surface area (Å²) in [7, 11) is 0. The van der Waals surface area contributed by atoms with Crippen LogP contribution in [-0.2, 0) is 0 Å². The fourth-order valence-electron chi connectivity index (χ4n) is 3.00. The Bertz CT molecular complexity index is 1000. The van der Waals surface area contributed by atoms with Gasteiger partial charge in [-0.3, -0.25) is 0 Å². The van der Waals surface area contributed by atoms with Gasteiger partial charge in [-0.05, 0) is 36.5 Å². The van der Waals surface area contributed by atoms with Crippen molar-refractivity contribution in [3.8, 4) is 29.0 Å². The molecule has 1 aromatic carbocycles. The highest BCUT2D eigenvalue weighted by Crippen LogP contribution is 2.40. The van der Waals surface area contributed by atoms with Crippen LogP contribution in [0, 0.1) is 5.82 Å². The number of hydrogen-bond donors (Lipinski definition) is 1. The number of hydrogen-bond acceptors (Lipinski definition) is 7. The minimum atomic E-state index is -4.89. The highest BCUT2D eigenvalue weighted by molar-refractivity contribution is 5.51. The molecule has 1 saturated carbocycles. The average molecular weight is 428 g/mol. The van der Waals surface area contributed by atoms with Crippen molar-refractivity contribution in [2.75, 3.05) is 0 Å². The third-order valence-corrected chi connectivity index (χ3v) is 4.35. The zero-order chi connectivity index (χ0) is 20.6. The summed E-state index contributed by atoms with van der Waals surface area (Å²) in [5, 5.41) is 14.2. The van der Waals surface area contributed by atoms with Crippen molar-refractivity contribution in [3.05, 3.63) is 48.0 Å². The van der Waals surface area contributed by atoms with Crippen molar-refractivity contribution < 1.29 is 36.7 Å². The van der Waals surface area contributed by atoms with Gasteiger partial charge in [0.25, 0.3) is 0 Å². The van der Waals surface area contributed by atoms with Gasteiger partial charge in [-0.25, -0.2) is 14.4 Å². The zero-order valence-electron chi connectivity index (χ0n) is 15.5. The topological polar surface area (TPSA) is 130 Å². The molecule has 1 aliphatic carbocycles. The molecular formula is C18H16F4N4O4. The van der Waals surface area contributed by atoms with E-state index in [0.717, 1.165) is 0 Å². The summed E-state index contributed by atoms with van der Waals surface area (Å²) in [6.45, 7) is 0. The van der Waals surface area contributed by atoms with Gasteiger partial charge in [0, 0.05) is 18.0 Å². The van der Waals surface area contributed by atoms with Crippen LogP contribution in [0.2, 0.25) is 0 Å². The van der Waals surface area contributed by atoms with Gasteiger partial charge in [-0.15, -0.1) is 13.2 Å². The summed E-state index contributed by atoms with van der Waals surface area (Å²) in [5.74, 6) is -1.67. The van der Waals surface area contributed by atoms with Gasteiger partial charge in [0.15, 0.2) is 5.76 Å². The van der Waals surface area contributed by atoms with Gasteiger partial charge in [-0.2, -0.15) is 0 Å². The third kappa shape index (κ3) is 4.95. The van der Waals surface area contributed by atoms with Crippen molar-refractivity contribution >= 4 is 0 Å². The fraction of sp³-hybridized carbons (Fsp3) is 0.278. The zero-order valence-corrected chi connectivity index (χ0v) is 15.5. The molecule has 0 saturated heterocycles. The second-order valence-electron chi connectivity index (χ2n) is 6.45. The van der Waals surface area contributed by atoms with Gasteiger partial charge in [-0.1, -0.05) is 5.16 Å². The lowest BCUT2D eigenvalue weighted by Crippen LogP contribution is -2.32. The minimum absolute atomic E-state index is 0. The van der Waals surface area contributed by atoms with Gasteiger partial charge in [0.1, 0.15) is 23.4 Å². The number of quaternary nitrogens is 1. The van der Waals surface area contributed by atoms with E-state index in [1.54, 1.807) is 0 Å². The molecule has 4 rings (SSSR count). The number of rotatable bonds is 5. The Kier molecular flexibility index (Phi) is 5.78. The third-order valence-electron chi connectivity index (χ3n) is 4.35. The Balaban J connectivity index is 0.00000256. The number of ether oxygens (including phenoxy) is 2. The minimum Gasteiger partial charge on any atom is -0.856 e. The molecule has 30 heavy (non-hydrogen) atoms.